The number of rotatable bonds is 4. The predicted molar refractivity (Wildman–Crippen MR) is 106 cm³/mol. The molecule has 3 rings (SSSR count). The number of carbonyl (C=O) groups is 2. The van der Waals surface area contributed by atoms with Gasteiger partial charge in [0, 0.05) is 17.0 Å². The monoisotopic (exact) mass is 404 g/mol. The lowest BCUT2D eigenvalue weighted by Crippen LogP contribution is -2.31. The maximum absolute atomic E-state index is 13.5. The first kappa shape index (κ1) is 19.1. The molecular formula is C18H14ClFN4O2S. The fraction of sp³-hybridized carbons (Fsp3) is 0.111. The molecular weight excluding hydrogens is 391 g/mol. The van der Waals surface area contributed by atoms with Crippen LogP contribution in [0.4, 0.5) is 10.1 Å². The van der Waals surface area contributed by atoms with Crippen molar-refractivity contribution in [1.29, 1.82) is 0 Å². The van der Waals surface area contributed by atoms with Crippen LogP contribution in [0.3, 0.4) is 0 Å². The summed E-state index contributed by atoms with van der Waals surface area (Å²) in [7, 11) is 0. The highest BCUT2D eigenvalue weighted by molar-refractivity contribution is 8.14. The van der Waals surface area contributed by atoms with Gasteiger partial charge in [-0.2, -0.15) is 5.10 Å². The van der Waals surface area contributed by atoms with Crippen molar-refractivity contribution in [2.75, 3.05) is 4.90 Å². The molecule has 0 saturated carbocycles. The molecule has 27 heavy (non-hydrogen) atoms. The van der Waals surface area contributed by atoms with Crippen molar-refractivity contribution in [3.63, 3.8) is 0 Å². The van der Waals surface area contributed by atoms with Gasteiger partial charge in [0.05, 0.1) is 11.9 Å². The van der Waals surface area contributed by atoms with E-state index in [1.807, 2.05) is 0 Å². The van der Waals surface area contributed by atoms with E-state index in [0.717, 1.165) is 16.7 Å². The van der Waals surface area contributed by atoms with E-state index in [1.54, 1.807) is 42.5 Å². The van der Waals surface area contributed by atoms with Gasteiger partial charge >= 0.3 is 0 Å². The number of amidine groups is 1. The molecule has 0 unspecified atom stereocenters. The van der Waals surface area contributed by atoms with Crippen molar-refractivity contribution in [2.24, 2.45) is 15.9 Å². The van der Waals surface area contributed by atoms with Crippen molar-refractivity contribution in [2.45, 2.75) is 11.7 Å². The van der Waals surface area contributed by atoms with Gasteiger partial charge in [0.15, 0.2) is 5.17 Å². The summed E-state index contributed by atoms with van der Waals surface area (Å²) >= 11 is 6.77. The van der Waals surface area contributed by atoms with Crippen LogP contribution < -0.4 is 10.6 Å². The first-order chi connectivity index (χ1) is 13.0. The topological polar surface area (TPSA) is 88.1 Å². The molecule has 1 saturated heterocycles. The minimum absolute atomic E-state index is 0.000621. The number of amides is 2. The number of anilines is 1. The lowest BCUT2D eigenvalue weighted by Gasteiger charge is -2.14. The standard InChI is InChI=1S/C18H14ClFN4O2S/c19-12-5-7-13(8-6-12)24-16(25)9-15(17(24)26)27-18(21)23-22-10-11-3-1-2-4-14(11)20/h1-8,10,15H,9H2,(H2,21,23)/b22-10-/t15-/m1/s1. The van der Waals surface area contributed by atoms with Crippen molar-refractivity contribution < 1.29 is 14.0 Å². The normalized spacial score (nSPS) is 17.9. The summed E-state index contributed by atoms with van der Waals surface area (Å²) < 4.78 is 13.5. The number of halogens is 2. The van der Waals surface area contributed by atoms with E-state index in [0.29, 0.717) is 10.7 Å². The molecule has 0 spiro atoms. The Morgan fingerprint density at radius 3 is 2.63 bits per heavy atom. The molecule has 0 aromatic heterocycles. The third kappa shape index (κ3) is 4.53. The van der Waals surface area contributed by atoms with E-state index in [4.69, 9.17) is 17.3 Å². The highest BCUT2D eigenvalue weighted by Gasteiger charge is 2.40. The molecule has 6 nitrogen and oxygen atoms in total. The largest absolute Gasteiger partial charge is 0.377 e. The molecule has 1 atom stereocenters. The molecule has 9 heteroatoms. The molecule has 1 fully saturated rings. The zero-order chi connectivity index (χ0) is 19.4. The van der Waals surface area contributed by atoms with Gasteiger partial charge in [-0.25, -0.2) is 9.29 Å². The van der Waals surface area contributed by atoms with Crippen LogP contribution in [0.15, 0.2) is 58.7 Å². The van der Waals surface area contributed by atoms with E-state index in [9.17, 15) is 14.0 Å². The summed E-state index contributed by atoms with van der Waals surface area (Å²) in [5.41, 5.74) is 6.49. The second kappa shape index (κ2) is 8.32. The van der Waals surface area contributed by atoms with Crippen LogP contribution in [0.5, 0.6) is 0 Å². The van der Waals surface area contributed by atoms with Crippen LogP contribution in [0, 0.1) is 5.82 Å². The van der Waals surface area contributed by atoms with Gasteiger partial charge in [-0.15, -0.1) is 5.10 Å². The number of benzene rings is 2. The van der Waals surface area contributed by atoms with Gasteiger partial charge in [-0.3, -0.25) is 9.59 Å². The van der Waals surface area contributed by atoms with Crippen LogP contribution in [0.2, 0.25) is 5.02 Å². The summed E-state index contributed by atoms with van der Waals surface area (Å²) in [4.78, 5) is 25.8. The SMILES string of the molecule is NC(=N/N=C\c1ccccc1F)S[C@@H]1CC(=O)N(c2ccc(Cl)cc2)C1=O. The van der Waals surface area contributed by atoms with Crippen LogP contribution in [0.25, 0.3) is 0 Å². The first-order valence-corrected chi connectivity index (χ1v) is 9.11. The highest BCUT2D eigenvalue weighted by atomic mass is 35.5. The quantitative estimate of drug-likeness (QED) is 0.367. The molecule has 2 N–H and O–H groups in total. The van der Waals surface area contributed by atoms with Crippen molar-refractivity contribution >= 4 is 52.2 Å². The maximum Gasteiger partial charge on any atom is 0.247 e. The Morgan fingerprint density at radius 2 is 1.93 bits per heavy atom. The van der Waals surface area contributed by atoms with Gasteiger partial charge in [0.1, 0.15) is 11.1 Å². The average molecular weight is 405 g/mol. The van der Waals surface area contributed by atoms with Crippen molar-refractivity contribution in [3.8, 4) is 0 Å². The zero-order valence-electron chi connectivity index (χ0n) is 13.9. The summed E-state index contributed by atoms with van der Waals surface area (Å²) in [6.45, 7) is 0. The molecule has 2 aromatic carbocycles. The summed E-state index contributed by atoms with van der Waals surface area (Å²) in [5.74, 6) is -1.15. The molecule has 0 bridgehead atoms. The van der Waals surface area contributed by atoms with Crippen LogP contribution in [-0.2, 0) is 9.59 Å². The Labute approximate surface area is 163 Å². The van der Waals surface area contributed by atoms with Gasteiger partial charge in [-0.1, -0.05) is 41.6 Å². The third-order valence-corrected chi connectivity index (χ3v) is 4.94. The van der Waals surface area contributed by atoms with Crippen LogP contribution >= 0.6 is 23.4 Å². The van der Waals surface area contributed by atoms with Crippen molar-refractivity contribution in [1.82, 2.24) is 0 Å². The highest BCUT2D eigenvalue weighted by Crippen LogP contribution is 2.30. The predicted octanol–water partition coefficient (Wildman–Crippen LogP) is 3.19. The Morgan fingerprint density at radius 1 is 1.22 bits per heavy atom. The minimum Gasteiger partial charge on any atom is -0.377 e. The number of imide groups is 1. The number of hydrogen-bond donors (Lipinski definition) is 1. The Kier molecular flexibility index (Phi) is 5.88. The maximum atomic E-state index is 13.5. The second-order valence-electron chi connectivity index (χ2n) is 5.56. The number of hydrogen-bond acceptors (Lipinski definition) is 5. The van der Waals surface area contributed by atoms with Gasteiger partial charge in [0.25, 0.3) is 0 Å². The number of nitrogens with zero attached hydrogens (tertiary/aromatic N) is 3. The molecule has 1 aliphatic rings. The van der Waals surface area contributed by atoms with E-state index < -0.39 is 11.1 Å². The zero-order valence-corrected chi connectivity index (χ0v) is 15.5. The lowest BCUT2D eigenvalue weighted by molar-refractivity contribution is -0.121. The van der Waals surface area contributed by atoms with Crippen LogP contribution in [0.1, 0.15) is 12.0 Å². The van der Waals surface area contributed by atoms with E-state index >= 15 is 0 Å². The molecule has 1 heterocycles. The Hall–Kier alpha value is -2.71. The molecule has 2 aromatic rings. The van der Waals surface area contributed by atoms with Gasteiger partial charge in [-0.05, 0) is 30.3 Å². The molecule has 2 amide bonds. The molecule has 0 aliphatic carbocycles. The first-order valence-electron chi connectivity index (χ1n) is 7.86. The number of carbonyl (C=O) groups excluding carboxylic acids is 2. The fourth-order valence-corrected chi connectivity index (χ4v) is 3.40. The lowest BCUT2D eigenvalue weighted by atomic mass is 10.2. The third-order valence-electron chi connectivity index (χ3n) is 3.71. The van der Waals surface area contributed by atoms with E-state index in [2.05, 4.69) is 10.2 Å². The van der Waals surface area contributed by atoms with E-state index in [1.165, 1.54) is 12.3 Å². The molecule has 0 radical (unpaired) electrons. The summed E-state index contributed by atoms with van der Waals surface area (Å²) in [5, 5.41) is 7.30. The van der Waals surface area contributed by atoms with E-state index in [-0.39, 0.29) is 29.0 Å². The second-order valence-corrected chi connectivity index (χ2v) is 7.22. The fourth-order valence-electron chi connectivity index (χ4n) is 2.45. The van der Waals surface area contributed by atoms with Crippen molar-refractivity contribution in [3.05, 3.63) is 64.9 Å². The average Bonchev–Trinajstić information content (AvgIpc) is 2.91. The Bertz CT molecular complexity index is 933. The molecule has 1 aliphatic heterocycles. The summed E-state index contributed by atoms with van der Waals surface area (Å²) in [6.07, 6.45) is 1.23. The van der Waals surface area contributed by atoms with Gasteiger partial charge in [0.2, 0.25) is 11.8 Å². The van der Waals surface area contributed by atoms with Gasteiger partial charge < -0.3 is 5.73 Å². The minimum atomic E-state index is -0.694. The molecule has 138 valence electrons. The summed E-state index contributed by atoms with van der Waals surface area (Å²) in [6, 6.07) is 12.5. The Balaban J connectivity index is 1.67. The smallest absolute Gasteiger partial charge is 0.247 e. The van der Waals surface area contributed by atoms with Crippen LogP contribution in [-0.4, -0.2) is 28.4 Å². The number of thioether (sulfide) groups is 1. The number of nitrogens with two attached hydrogens (primary N) is 1.